The first-order chi connectivity index (χ1) is 13.6. The summed E-state index contributed by atoms with van der Waals surface area (Å²) in [7, 11) is -3.67. The molecule has 2 aromatic rings. The Bertz CT molecular complexity index is 946. The number of carbonyl (C=O) groups is 1. The van der Waals surface area contributed by atoms with Crippen molar-refractivity contribution in [3.63, 3.8) is 0 Å². The molecule has 1 atom stereocenters. The number of hydrogen-bond acceptors (Lipinski definition) is 4. The first-order valence-electron chi connectivity index (χ1n) is 9.36. The minimum atomic E-state index is -3.67. The molecule has 2 aromatic carbocycles. The monoisotopic (exact) mass is 438 g/mol. The predicted molar refractivity (Wildman–Crippen MR) is 117 cm³/mol. The molecule has 0 heterocycles. The highest BCUT2D eigenvalue weighted by Gasteiger charge is 2.31. The Kier molecular flexibility index (Phi) is 7.93. The van der Waals surface area contributed by atoms with E-state index >= 15 is 0 Å². The number of carbonyl (C=O) groups excluding carboxylic acids is 1. The molecule has 0 unspecified atom stereocenters. The van der Waals surface area contributed by atoms with E-state index in [9.17, 15) is 13.2 Å². The minimum Gasteiger partial charge on any atom is -0.491 e. The van der Waals surface area contributed by atoms with E-state index < -0.39 is 16.1 Å². The lowest BCUT2D eigenvalue weighted by Crippen LogP contribution is -2.50. The Balaban J connectivity index is 2.05. The molecule has 1 N–H and O–H groups in total. The molecule has 0 aliphatic heterocycles. The number of rotatable bonds is 9. The van der Waals surface area contributed by atoms with E-state index in [1.54, 1.807) is 31.2 Å². The number of sulfonamides is 1. The largest absolute Gasteiger partial charge is 0.491 e. The van der Waals surface area contributed by atoms with Crippen LogP contribution in [0.5, 0.6) is 5.75 Å². The van der Waals surface area contributed by atoms with E-state index in [4.69, 9.17) is 16.3 Å². The Morgan fingerprint density at radius 1 is 1.17 bits per heavy atom. The molecule has 0 saturated heterocycles. The smallest absolute Gasteiger partial charge is 0.244 e. The van der Waals surface area contributed by atoms with E-state index in [-0.39, 0.29) is 19.1 Å². The SMILES string of the molecule is CC[C@@H](C(=O)NCCOc1cc(C)ccc1C)N(c1ccc(Cl)cc1)S(C)(=O)=O. The van der Waals surface area contributed by atoms with Crippen LogP contribution in [0.4, 0.5) is 5.69 Å². The molecule has 0 spiro atoms. The van der Waals surface area contributed by atoms with Crippen molar-refractivity contribution in [1.29, 1.82) is 0 Å². The summed E-state index contributed by atoms with van der Waals surface area (Å²) in [6, 6.07) is 11.4. The van der Waals surface area contributed by atoms with Gasteiger partial charge in [0.05, 0.1) is 18.5 Å². The molecule has 0 aliphatic rings. The number of hydrogen-bond donors (Lipinski definition) is 1. The van der Waals surface area contributed by atoms with E-state index in [1.165, 1.54) is 0 Å². The standard InChI is InChI=1S/C21H27ClN2O4S/c1-5-19(24(29(4,26)27)18-10-8-17(22)9-11-18)21(25)23-12-13-28-20-14-15(2)6-7-16(20)3/h6-11,14,19H,5,12-13H2,1-4H3,(H,23,25)/t19-/m0/s1. The number of anilines is 1. The van der Waals surface area contributed by atoms with Crippen LogP contribution in [0, 0.1) is 13.8 Å². The first kappa shape index (κ1) is 23.0. The van der Waals surface area contributed by atoms with Crippen LogP contribution < -0.4 is 14.4 Å². The summed E-state index contributed by atoms with van der Waals surface area (Å²) in [6.07, 6.45) is 1.40. The zero-order valence-corrected chi connectivity index (χ0v) is 18.7. The number of nitrogens with zero attached hydrogens (tertiary/aromatic N) is 1. The molecule has 158 valence electrons. The van der Waals surface area contributed by atoms with Crippen LogP contribution in [0.1, 0.15) is 24.5 Å². The minimum absolute atomic E-state index is 0.265. The zero-order chi connectivity index (χ0) is 21.6. The van der Waals surface area contributed by atoms with Crippen molar-refractivity contribution in [2.24, 2.45) is 0 Å². The second kappa shape index (κ2) is 9.98. The fourth-order valence-corrected chi connectivity index (χ4v) is 4.30. The van der Waals surface area contributed by atoms with Gasteiger partial charge >= 0.3 is 0 Å². The van der Waals surface area contributed by atoms with Crippen molar-refractivity contribution in [2.45, 2.75) is 33.2 Å². The van der Waals surface area contributed by atoms with E-state index in [0.29, 0.717) is 17.1 Å². The molecule has 29 heavy (non-hydrogen) atoms. The van der Waals surface area contributed by atoms with Crippen LogP contribution in [0.25, 0.3) is 0 Å². The molecule has 0 fully saturated rings. The van der Waals surface area contributed by atoms with Gasteiger partial charge in [0.15, 0.2) is 0 Å². The Morgan fingerprint density at radius 3 is 2.41 bits per heavy atom. The molecule has 2 rings (SSSR count). The molecule has 0 aliphatic carbocycles. The number of benzene rings is 2. The molecule has 0 bridgehead atoms. The number of nitrogens with one attached hydrogen (secondary N) is 1. The van der Waals surface area contributed by atoms with Crippen molar-refractivity contribution in [1.82, 2.24) is 5.32 Å². The lowest BCUT2D eigenvalue weighted by atomic mass is 10.1. The van der Waals surface area contributed by atoms with E-state index in [2.05, 4.69) is 5.32 Å². The summed E-state index contributed by atoms with van der Waals surface area (Å²) in [5.41, 5.74) is 2.50. The maximum absolute atomic E-state index is 12.7. The van der Waals surface area contributed by atoms with Crippen LogP contribution >= 0.6 is 11.6 Å². The van der Waals surface area contributed by atoms with Crippen LogP contribution in [-0.4, -0.2) is 39.8 Å². The van der Waals surface area contributed by atoms with Crippen molar-refractivity contribution >= 4 is 33.2 Å². The van der Waals surface area contributed by atoms with Gasteiger partial charge in [0.1, 0.15) is 18.4 Å². The predicted octanol–water partition coefficient (Wildman–Crippen LogP) is 3.70. The lowest BCUT2D eigenvalue weighted by Gasteiger charge is -2.30. The summed E-state index contributed by atoms with van der Waals surface area (Å²) < 4.78 is 31.7. The normalized spacial score (nSPS) is 12.3. The molecule has 6 nitrogen and oxygen atoms in total. The van der Waals surface area contributed by atoms with Gasteiger partial charge in [-0.15, -0.1) is 0 Å². The Hall–Kier alpha value is -2.25. The van der Waals surface area contributed by atoms with Gasteiger partial charge in [0.2, 0.25) is 15.9 Å². The van der Waals surface area contributed by atoms with Crippen LogP contribution in [-0.2, 0) is 14.8 Å². The topological polar surface area (TPSA) is 75.7 Å². The average Bonchev–Trinajstić information content (AvgIpc) is 2.65. The highest BCUT2D eigenvalue weighted by atomic mass is 35.5. The molecular formula is C21H27ClN2O4S. The third-order valence-corrected chi connectivity index (χ3v) is 5.85. The second-order valence-electron chi connectivity index (χ2n) is 6.87. The van der Waals surface area contributed by atoms with E-state index in [1.807, 2.05) is 32.0 Å². The summed E-state index contributed by atoms with van der Waals surface area (Å²) in [4.78, 5) is 12.7. The summed E-state index contributed by atoms with van der Waals surface area (Å²) in [5, 5.41) is 3.26. The third-order valence-electron chi connectivity index (χ3n) is 4.41. The van der Waals surface area contributed by atoms with Gasteiger partial charge in [-0.2, -0.15) is 0 Å². The number of amides is 1. The van der Waals surface area contributed by atoms with Crippen LogP contribution in [0.15, 0.2) is 42.5 Å². The van der Waals surface area contributed by atoms with Crippen molar-refractivity contribution in [2.75, 3.05) is 23.7 Å². The Morgan fingerprint density at radius 2 is 1.83 bits per heavy atom. The van der Waals surface area contributed by atoms with Crippen molar-refractivity contribution in [3.05, 3.63) is 58.6 Å². The zero-order valence-electron chi connectivity index (χ0n) is 17.1. The van der Waals surface area contributed by atoms with Gasteiger partial charge in [-0.25, -0.2) is 8.42 Å². The van der Waals surface area contributed by atoms with Crippen LogP contribution in [0.3, 0.4) is 0 Å². The van der Waals surface area contributed by atoms with Crippen LogP contribution in [0.2, 0.25) is 5.02 Å². The van der Waals surface area contributed by atoms with Crippen molar-refractivity contribution < 1.29 is 17.9 Å². The third kappa shape index (κ3) is 6.37. The van der Waals surface area contributed by atoms with Gasteiger partial charge in [-0.3, -0.25) is 9.10 Å². The number of ether oxygens (including phenoxy) is 1. The van der Waals surface area contributed by atoms with Gasteiger partial charge in [0, 0.05) is 5.02 Å². The summed E-state index contributed by atoms with van der Waals surface area (Å²) >= 11 is 5.90. The second-order valence-corrected chi connectivity index (χ2v) is 9.16. The quantitative estimate of drug-likeness (QED) is 0.606. The summed E-state index contributed by atoms with van der Waals surface area (Å²) in [5.74, 6) is 0.391. The highest BCUT2D eigenvalue weighted by Crippen LogP contribution is 2.24. The fourth-order valence-electron chi connectivity index (χ4n) is 2.96. The maximum atomic E-state index is 12.7. The molecule has 0 radical (unpaired) electrons. The molecule has 0 saturated carbocycles. The first-order valence-corrected chi connectivity index (χ1v) is 11.6. The average molecular weight is 439 g/mol. The fraction of sp³-hybridized carbons (Fsp3) is 0.381. The van der Waals surface area contributed by atoms with Gasteiger partial charge in [-0.05, 0) is 61.7 Å². The molecule has 0 aromatic heterocycles. The number of halogens is 1. The highest BCUT2D eigenvalue weighted by molar-refractivity contribution is 7.92. The molecule has 8 heteroatoms. The lowest BCUT2D eigenvalue weighted by molar-refractivity contribution is -0.122. The van der Waals surface area contributed by atoms with Gasteiger partial charge in [-0.1, -0.05) is 30.7 Å². The van der Waals surface area contributed by atoms with Gasteiger partial charge in [0.25, 0.3) is 0 Å². The summed E-state index contributed by atoms with van der Waals surface area (Å²) in [6.45, 7) is 6.26. The van der Waals surface area contributed by atoms with E-state index in [0.717, 1.165) is 27.4 Å². The van der Waals surface area contributed by atoms with Crippen molar-refractivity contribution in [3.8, 4) is 5.75 Å². The molecular weight excluding hydrogens is 412 g/mol. The van der Waals surface area contributed by atoms with Gasteiger partial charge < -0.3 is 10.1 Å². The molecule has 1 amide bonds. The number of aryl methyl sites for hydroxylation is 2. The maximum Gasteiger partial charge on any atom is 0.244 e. The Labute approximate surface area is 177 Å².